The summed E-state index contributed by atoms with van der Waals surface area (Å²) < 4.78 is 0. The van der Waals surface area contributed by atoms with Crippen molar-refractivity contribution in [3.05, 3.63) is 0 Å². The van der Waals surface area contributed by atoms with E-state index in [0.29, 0.717) is 0 Å². The Bertz CT molecular complexity index is 397. The molecule has 3 fully saturated rings. The fourth-order valence-electron chi connectivity index (χ4n) is 5.53. The molecule has 3 aliphatic heterocycles. The number of rotatable bonds is 7. The van der Waals surface area contributed by atoms with E-state index in [1.807, 2.05) is 0 Å². The van der Waals surface area contributed by atoms with Crippen LogP contribution in [0.3, 0.4) is 0 Å². The maximum Gasteiger partial charge on any atom is 0.0120 e. The van der Waals surface area contributed by atoms with Crippen molar-refractivity contribution in [1.82, 2.24) is 19.6 Å². The molecule has 4 heteroatoms. The largest absolute Gasteiger partial charge is 0.303 e. The monoisotopic (exact) mass is 364 g/mol. The minimum Gasteiger partial charge on any atom is -0.303 e. The van der Waals surface area contributed by atoms with Gasteiger partial charge in [-0.3, -0.25) is 9.80 Å². The van der Waals surface area contributed by atoms with E-state index >= 15 is 0 Å². The maximum absolute atomic E-state index is 2.85. The Morgan fingerprint density at radius 2 is 1.50 bits per heavy atom. The minimum absolute atomic E-state index is 0.768. The first-order valence-corrected chi connectivity index (χ1v) is 11.5. The first-order chi connectivity index (χ1) is 12.6. The summed E-state index contributed by atoms with van der Waals surface area (Å²) >= 11 is 0. The Morgan fingerprint density at radius 1 is 0.808 bits per heavy atom. The lowest BCUT2D eigenvalue weighted by molar-refractivity contribution is 0.0724. The lowest BCUT2D eigenvalue weighted by atomic mass is 9.98. The number of hydrogen-bond acceptors (Lipinski definition) is 4. The van der Waals surface area contributed by atoms with Gasteiger partial charge in [0, 0.05) is 51.4 Å². The van der Waals surface area contributed by atoms with Crippen molar-refractivity contribution < 1.29 is 0 Å². The van der Waals surface area contributed by atoms with Gasteiger partial charge in [0.2, 0.25) is 0 Å². The highest BCUT2D eigenvalue weighted by molar-refractivity contribution is 4.90. The molecular weight excluding hydrogens is 320 g/mol. The summed E-state index contributed by atoms with van der Waals surface area (Å²) in [6, 6.07) is 1.63. The van der Waals surface area contributed by atoms with E-state index in [1.54, 1.807) is 0 Å². The topological polar surface area (TPSA) is 13.0 Å². The Kier molecular flexibility index (Phi) is 7.80. The summed E-state index contributed by atoms with van der Waals surface area (Å²) in [6.07, 6.45) is 5.50. The molecule has 0 spiro atoms. The third-order valence-corrected chi connectivity index (χ3v) is 7.16. The third-order valence-electron chi connectivity index (χ3n) is 7.16. The van der Waals surface area contributed by atoms with Crippen molar-refractivity contribution in [2.75, 3.05) is 65.4 Å². The second-order valence-electron chi connectivity index (χ2n) is 9.59. The molecule has 0 aliphatic carbocycles. The SMILES string of the molecule is CCCN1CCN([C@@H](C)C2CCN(C3CCN(CC(C)C)CC3)C2)CC1. The maximum atomic E-state index is 2.85. The zero-order valence-electron chi connectivity index (χ0n) is 18.0. The number of piperazine rings is 1. The summed E-state index contributed by atoms with van der Waals surface area (Å²) in [4.78, 5) is 11.0. The molecule has 3 heterocycles. The van der Waals surface area contributed by atoms with Crippen LogP contribution in [0.15, 0.2) is 0 Å². The van der Waals surface area contributed by atoms with Gasteiger partial charge in [0.05, 0.1) is 0 Å². The molecule has 0 amide bonds. The average Bonchev–Trinajstić information content (AvgIpc) is 3.12. The van der Waals surface area contributed by atoms with Gasteiger partial charge in [-0.2, -0.15) is 0 Å². The molecule has 0 aromatic rings. The standard InChI is InChI=1S/C22H44N4/c1-5-9-23-13-15-25(16-14-23)20(4)21-6-12-26(18-21)22-7-10-24(11-8-22)17-19(2)3/h19-22H,5-18H2,1-4H3/t20-,21?/m0/s1. The lowest BCUT2D eigenvalue weighted by Gasteiger charge is -2.41. The fraction of sp³-hybridized carbons (Fsp3) is 1.00. The first-order valence-electron chi connectivity index (χ1n) is 11.5. The van der Waals surface area contributed by atoms with Gasteiger partial charge in [-0.05, 0) is 70.6 Å². The van der Waals surface area contributed by atoms with Gasteiger partial charge in [0.15, 0.2) is 0 Å². The predicted molar refractivity (Wildman–Crippen MR) is 112 cm³/mol. The minimum atomic E-state index is 0.768. The van der Waals surface area contributed by atoms with Gasteiger partial charge in [-0.25, -0.2) is 0 Å². The van der Waals surface area contributed by atoms with E-state index in [0.717, 1.165) is 23.9 Å². The molecule has 0 bridgehead atoms. The molecule has 2 atom stereocenters. The molecule has 3 aliphatic rings. The molecule has 3 saturated heterocycles. The van der Waals surface area contributed by atoms with Crippen molar-refractivity contribution in [3.8, 4) is 0 Å². The van der Waals surface area contributed by atoms with Crippen LogP contribution in [0, 0.1) is 11.8 Å². The van der Waals surface area contributed by atoms with Crippen LogP contribution in [0.1, 0.15) is 53.4 Å². The van der Waals surface area contributed by atoms with Gasteiger partial charge in [0.25, 0.3) is 0 Å². The number of nitrogens with zero attached hydrogens (tertiary/aromatic N) is 4. The van der Waals surface area contributed by atoms with Gasteiger partial charge >= 0.3 is 0 Å². The van der Waals surface area contributed by atoms with Gasteiger partial charge in [-0.1, -0.05) is 20.8 Å². The van der Waals surface area contributed by atoms with E-state index in [2.05, 4.69) is 47.3 Å². The summed E-state index contributed by atoms with van der Waals surface area (Å²) in [7, 11) is 0. The first kappa shape index (κ1) is 20.6. The van der Waals surface area contributed by atoms with Crippen LogP contribution in [0.5, 0.6) is 0 Å². The van der Waals surface area contributed by atoms with Crippen molar-refractivity contribution in [2.45, 2.75) is 65.5 Å². The van der Waals surface area contributed by atoms with Gasteiger partial charge in [0.1, 0.15) is 0 Å². The second kappa shape index (κ2) is 9.86. The highest BCUT2D eigenvalue weighted by atomic mass is 15.3. The Labute approximate surface area is 162 Å². The number of likely N-dealkylation sites (tertiary alicyclic amines) is 2. The second-order valence-corrected chi connectivity index (χ2v) is 9.59. The smallest absolute Gasteiger partial charge is 0.0120 e. The van der Waals surface area contributed by atoms with Crippen LogP contribution in [0.4, 0.5) is 0 Å². The third kappa shape index (κ3) is 5.43. The van der Waals surface area contributed by atoms with E-state index in [9.17, 15) is 0 Å². The highest BCUT2D eigenvalue weighted by Gasteiger charge is 2.35. The van der Waals surface area contributed by atoms with E-state index in [4.69, 9.17) is 0 Å². The molecule has 26 heavy (non-hydrogen) atoms. The van der Waals surface area contributed by atoms with Crippen molar-refractivity contribution >= 4 is 0 Å². The van der Waals surface area contributed by atoms with Crippen LogP contribution in [-0.4, -0.2) is 97.1 Å². The molecule has 152 valence electrons. The fourth-order valence-corrected chi connectivity index (χ4v) is 5.53. The van der Waals surface area contributed by atoms with Crippen molar-refractivity contribution in [2.24, 2.45) is 11.8 Å². The van der Waals surface area contributed by atoms with Crippen LogP contribution in [0.25, 0.3) is 0 Å². The van der Waals surface area contributed by atoms with E-state index in [-0.39, 0.29) is 0 Å². The Balaban J connectivity index is 1.40. The molecule has 0 aromatic carbocycles. The molecule has 3 rings (SSSR count). The molecular formula is C22H44N4. The average molecular weight is 365 g/mol. The molecule has 0 N–H and O–H groups in total. The van der Waals surface area contributed by atoms with Crippen LogP contribution in [-0.2, 0) is 0 Å². The number of piperidine rings is 1. The van der Waals surface area contributed by atoms with Crippen LogP contribution in [0.2, 0.25) is 0 Å². The lowest BCUT2D eigenvalue weighted by Crippen LogP contribution is -2.52. The Hall–Kier alpha value is -0.160. The molecule has 0 saturated carbocycles. The molecule has 0 radical (unpaired) electrons. The normalized spacial score (nSPS) is 29.7. The molecule has 0 aromatic heterocycles. The zero-order valence-corrected chi connectivity index (χ0v) is 18.0. The highest BCUT2D eigenvalue weighted by Crippen LogP contribution is 2.28. The molecule has 1 unspecified atom stereocenters. The van der Waals surface area contributed by atoms with Crippen molar-refractivity contribution in [3.63, 3.8) is 0 Å². The summed E-state index contributed by atoms with van der Waals surface area (Å²) in [5.41, 5.74) is 0. The van der Waals surface area contributed by atoms with Crippen molar-refractivity contribution in [1.29, 1.82) is 0 Å². The summed E-state index contributed by atoms with van der Waals surface area (Å²) in [5, 5.41) is 0. The van der Waals surface area contributed by atoms with Gasteiger partial charge in [-0.15, -0.1) is 0 Å². The van der Waals surface area contributed by atoms with Gasteiger partial charge < -0.3 is 9.80 Å². The van der Waals surface area contributed by atoms with Crippen LogP contribution < -0.4 is 0 Å². The number of hydrogen-bond donors (Lipinski definition) is 0. The molecule has 4 nitrogen and oxygen atoms in total. The van der Waals surface area contributed by atoms with E-state index in [1.165, 1.54) is 91.1 Å². The summed E-state index contributed by atoms with van der Waals surface area (Å²) in [5.74, 6) is 1.70. The Morgan fingerprint density at radius 3 is 2.12 bits per heavy atom. The van der Waals surface area contributed by atoms with Crippen LogP contribution >= 0.6 is 0 Å². The quantitative estimate of drug-likeness (QED) is 0.689. The summed E-state index contributed by atoms with van der Waals surface area (Å²) in [6.45, 7) is 22.5. The van der Waals surface area contributed by atoms with E-state index < -0.39 is 0 Å². The zero-order chi connectivity index (χ0) is 18.5. The predicted octanol–water partition coefficient (Wildman–Crippen LogP) is 2.84.